The van der Waals surface area contributed by atoms with E-state index >= 15 is 0 Å². The van der Waals surface area contributed by atoms with E-state index in [1.54, 1.807) is 24.3 Å². The van der Waals surface area contributed by atoms with Crippen molar-refractivity contribution in [3.05, 3.63) is 59.7 Å². The zero-order chi connectivity index (χ0) is 19.2. The van der Waals surface area contributed by atoms with Gasteiger partial charge in [0.1, 0.15) is 0 Å². The number of hydrogen-bond donors (Lipinski definition) is 2. The van der Waals surface area contributed by atoms with Crippen molar-refractivity contribution < 1.29 is 27.5 Å². The molecular formula is C18H17F3N2O3. The van der Waals surface area contributed by atoms with Gasteiger partial charge in [0, 0.05) is 18.7 Å². The summed E-state index contributed by atoms with van der Waals surface area (Å²) in [5.41, 5.74) is -0.419. The number of ether oxygens (including phenoxy) is 1. The number of benzene rings is 2. The molecule has 0 radical (unpaired) electrons. The third-order valence-electron chi connectivity index (χ3n) is 3.51. The summed E-state index contributed by atoms with van der Waals surface area (Å²) in [6.45, 7) is 0.133. The van der Waals surface area contributed by atoms with Crippen LogP contribution >= 0.6 is 0 Å². The lowest BCUT2D eigenvalue weighted by molar-refractivity contribution is -0.137. The number of carbonyl (C=O) groups is 2. The van der Waals surface area contributed by atoms with Crippen LogP contribution in [0.3, 0.4) is 0 Å². The fourth-order valence-electron chi connectivity index (χ4n) is 2.29. The summed E-state index contributed by atoms with van der Waals surface area (Å²) in [6.07, 6.45) is -4.64. The van der Waals surface area contributed by atoms with Crippen molar-refractivity contribution in [1.29, 1.82) is 0 Å². The second-order valence-corrected chi connectivity index (χ2v) is 5.31. The standard InChI is InChI=1S/C18H17F3N2O3/c1-26-17(25)12-6-2-4-8-14(12)22-11-10-16(24)23-15-9-5-3-7-13(15)18(19,20)21/h2-9,22H,10-11H2,1H3,(H,23,24). The lowest BCUT2D eigenvalue weighted by atomic mass is 10.1. The van der Waals surface area contributed by atoms with Gasteiger partial charge in [-0.25, -0.2) is 4.79 Å². The van der Waals surface area contributed by atoms with Crippen LogP contribution in [0, 0.1) is 0 Å². The molecule has 138 valence electrons. The smallest absolute Gasteiger partial charge is 0.418 e. The highest BCUT2D eigenvalue weighted by molar-refractivity contribution is 5.96. The van der Waals surface area contributed by atoms with Crippen LogP contribution < -0.4 is 10.6 Å². The van der Waals surface area contributed by atoms with E-state index in [4.69, 9.17) is 0 Å². The molecule has 0 spiro atoms. The van der Waals surface area contributed by atoms with Gasteiger partial charge in [-0.1, -0.05) is 24.3 Å². The van der Waals surface area contributed by atoms with Crippen LogP contribution in [-0.2, 0) is 15.7 Å². The van der Waals surface area contributed by atoms with Gasteiger partial charge >= 0.3 is 12.1 Å². The Bertz CT molecular complexity index is 791. The first-order chi connectivity index (χ1) is 12.3. The van der Waals surface area contributed by atoms with Crippen molar-refractivity contribution in [3.8, 4) is 0 Å². The number of anilines is 2. The van der Waals surface area contributed by atoms with Crippen LogP contribution in [0.1, 0.15) is 22.3 Å². The molecule has 0 aromatic heterocycles. The third-order valence-corrected chi connectivity index (χ3v) is 3.51. The fourth-order valence-corrected chi connectivity index (χ4v) is 2.29. The minimum absolute atomic E-state index is 0.0816. The van der Waals surface area contributed by atoms with Gasteiger partial charge in [0.25, 0.3) is 0 Å². The quantitative estimate of drug-likeness (QED) is 0.760. The predicted molar refractivity (Wildman–Crippen MR) is 91.0 cm³/mol. The second kappa shape index (κ2) is 8.37. The first-order valence-corrected chi connectivity index (χ1v) is 7.70. The molecule has 2 N–H and O–H groups in total. The summed E-state index contributed by atoms with van der Waals surface area (Å²) >= 11 is 0. The number of nitrogens with one attached hydrogen (secondary N) is 2. The Morgan fingerprint density at radius 3 is 2.27 bits per heavy atom. The SMILES string of the molecule is COC(=O)c1ccccc1NCCC(=O)Nc1ccccc1C(F)(F)F. The summed E-state index contributed by atoms with van der Waals surface area (Å²) in [5, 5.41) is 5.17. The first kappa shape index (κ1) is 19.3. The highest BCUT2D eigenvalue weighted by Gasteiger charge is 2.33. The molecule has 0 heterocycles. The molecule has 8 heteroatoms. The molecule has 0 bridgehead atoms. The van der Waals surface area contributed by atoms with E-state index in [-0.39, 0.29) is 18.7 Å². The number of alkyl halides is 3. The Morgan fingerprint density at radius 1 is 1.00 bits per heavy atom. The van der Waals surface area contributed by atoms with E-state index in [1.165, 1.54) is 25.3 Å². The minimum Gasteiger partial charge on any atom is -0.465 e. The van der Waals surface area contributed by atoms with Gasteiger partial charge in [-0.3, -0.25) is 4.79 Å². The molecule has 1 amide bonds. The van der Waals surface area contributed by atoms with Crippen LogP contribution in [0.2, 0.25) is 0 Å². The zero-order valence-corrected chi connectivity index (χ0v) is 13.9. The Morgan fingerprint density at radius 2 is 1.62 bits per heavy atom. The predicted octanol–water partition coefficient (Wildman–Crippen LogP) is 3.93. The zero-order valence-electron chi connectivity index (χ0n) is 13.9. The lowest BCUT2D eigenvalue weighted by Gasteiger charge is -2.14. The first-order valence-electron chi connectivity index (χ1n) is 7.70. The summed E-state index contributed by atoms with van der Waals surface area (Å²) in [5.74, 6) is -1.11. The summed E-state index contributed by atoms with van der Waals surface area (Å²) in [4.78, 5) is 23.6. The number of rotatable bonds is 6. The van der Waals surface area contributed by atoms with Gasteiger partial charge in [-0.15, -0.1) is 0 Å². The number of hydrogen-bond acceptors (Lipinski definition) is 4. The topological polar surface area (TPSA) is 67.4 Å². The molecule has 2 rings (SSSR count). The normalized spacial score (nSPS) is 10.9. The maximum absolute atomic E-state index is 12.9. The molecule has 2 aromatic rings. The summed E-state index contributed by atoms with van der Waals surface area (Å²) in [7, 11) is 1.25. The molecule has 0 fully saturated rings. The van der Waals surface area contributed by atoms with Gasteiger partial charge in [-0.2, -0.15) is 13.2 Å². The average Bonchev–Trinajstić information content (AvgIpc) is 2.61. The average molecular weight is 366 g/mol. The van der Waals surface area contributed by atoms with Crippen molar-refractivity contribution in [2.45, 2.75) is 12.6 Å². The van der Waals surface area contributed by atoms with Gasteiger partial charge in [0.2, 0.25) is 5.91 Å². The number of amides is 1. The van der Waals surface area contributed by atoms with Crippen LogP contribution in [0.5, 0.6) is 0 Å². The van der Waals surface area contributed by atoms with Crippen LogP contribution in [0.25, 0.3) is 0 Å². The molecule has 0 unspecified atom stereocenters. The molecule has 0 saturated heterocycles. The Labute approximate surface area is 148 Å². The van der Waals surface area contributed by atoms with Gasteiger partial charge < -0.3 is 15.4 Å². The number of esters is 1. The van der Waals surface area contributed by atoms with Crippen LogP contribution in [0.4, 0.5) is 24.5 Å². The van der Waals surface area contributed by atoms with E-state index in [1.807, 2.05) is 0 Å². The number of halogens is 3. The lowest BCUT2D eigenvalue weighted by Crippen LogP contribution is -2.19. The van der Waals surface area contributed by atoms with E-state index in [0.29, 0.717) is 11.3 Å². The molecule has 0 aliphatic heterocycles. The second-order valence-electron chi connectivity index (χ2n) is 5.31. The summed E-state index contributed by atoms with van der Waals surface area (Å²) < 4.78 is 43.4. The molecule has 5 nitrogen and oxygen atoms in total. The maximum Gasteiger partial charge on any atom is 0.418 e. The third kappa shape index (κ3) is 4.98. The highest BCUT2D eigenvalue weighted by Crippen LogP contribution is 2.34. The molecular weight excluding hydrogens is 349 g/mol. The van der Waals surface area contributed by atoms with E-state index in [9.17, 15) is 22.8 Å². The molecule has 2 aromatic carbocycles. The van der Waals surface area contributed by atoms with Gasteiger partial charge in [0.15, 0.2) is 0 Å². The van der Waals surface area contributed by atoms with Crippen molar-refractivity contribution in [2.24, 2.45) is 0 Å². The van der Waals surface area contributed by atoms with Crippen molar-refractivity contribution in [2.75, 3.05) is 24.3 Å². The van der Waals surface area contributed by atoms with Crippen LogP contribution in [-0.4, -0.2) is 25.5 Å². The van der Waals surface area contributed by atoms with Crippen LogP contribution in [0.15, 0.2) is 48.5 Å². The minimum atomic E-state index is -4.55. The van der Waals surface area contributed by atoms with Gasteiger partial charge in [-0.05, 0) is 24.3 Å². The number of methoxy groups -OCH3 is 1. The van der Waals surface area contributed by atoms with E-state index < -0.39 is 23.6 Å². The number of carbonyl (C=O) groups excluding carboxylic acids is 2. The fraction of sp³-hybridized carbons (Fsp3) is 0.222. The Kier molecular flexibility index (Phi) is 6.21. The van der Waals surface area contributed by atoms with Crippen molar-refractivity contribution in [3.63, 3.8) is 0 Å². The van der Waals surface area contributed by atoms with E-state index in [0.717, 1.165) is 6.07 Å². The summed E-state index contributed by atoms with van der Waals surface area (Å²) in [6, 6.07) is 11.3. The van der Waals surface area contributed by atoms with Crippen molar-refractivity contribution >= 4 is 23.3 Å². The molecule has 26 heavy (non-hydrogen) atoms. The maximum atomic E-state index is 12.9. The Hall–Kier alpha value is -3.03. The number of para-hydroxylation sites is 2. The van der Waals surface area contributed by atoms with E-state index in [2.05, 4.69) is 15.4 Å². The molecule has 0 atom stereocenters. The largest absolute Gasteiger partial charge is 0.465 e. The monoisotopic (exact) mass is 366 g/mol. The molecule has 0 saturated carbocycles. The van der Waals surface area contributed by atoms with Gasteiger partial charge in [0.05, 0.1) is 23.9 Å². The Balaban J connectivity index is 1.96. The highest BCUT2D eigenvalue weighted by atomic mass is 19.4. The molecule has 0 aliphatic carbocycles. The van der Waals surface area contributed by atoms with Crippen molar-refractivity contribution in [1.82, 2.24) is 0 Å². The molecule has 0 aliphatic rings.